The van der Waals surface area contributed by atoms with Crippen LogP contribution >= 0.6 is 0 Å². The molecule has 17 heavy (non-hydrogen) atoms. The lowest BCUT2D eigenvalue weighted by molar-refractivity contribution is 0.0699. The van der Waals surface area contributed by atoms with Gasteiger partial charge in [-0.1, -0.05) is 12.1 Å². The van der Waals surface area contributed by atoms with Crippen LogP contribution in [0.5, 0.6) is 0 Å². The Morgan fingerprint density at radius 3 is 2.82 bits per heavy atom. The van der Waals surface area contributed by atoms with Crippen molar-refractivity contribution in [1.82, 2.24) is 10.3 Å². The SMILES string of the molecule is CNCc1cc(C(=O)O)c2ccc(C)cc2n1. The van der Waals surface area contributed by atoms with Crippen LogP contribution in [0, 0.1) is 6.92 Å². The number of carboxylic acids is 1. The molecule has 0 aliphatic rings. The van der Waals surface area contributed by atoms with Crippen molar-refractivity contribution in [3.63, 3.8) is 0 Å². The van der Waals surface area contributed by atoms with Gasteiger partial charge in [0.15, 0.2) is 0 Å². The summed E-state index contributed by atoms with van der Waals surface area (Å²) in [4.78, 5) is 15.7. The first kappa shape index (κ1) is 11.5. The molecule has 0 aliphatic heterocycles. The van der Waals surface area contributed by atoms with Crippen LogP contribution in [0.1, 0.15) is 21.6 Å². The van der Waals surface area contributed by atoms with E-state index < -0.39 is 5.97 Å². The second kappa shape index (κ2) is 4.51. The number of nitrogens with zero attached hydrogens (tertiary/aromatic N) is 1. The van der Waals surface area contributed by atoms with E-state index >= 15 is 0 Å². The van der Waals surface area contributed by atoms with E-state index in [0.717, 1.165) is 16.8 Å². The standard InChI is InChI=1S/C13H14N2O2/c1-8-3-4-10-11(13(16)17)6-9(7-14-2)15-12(10)5-8/h3-6,14H,7H2,1-2H3,(H,16,17). The first-order chi connectivity index (χ1) is 8.11. The van der Waals surface area contributed by atoms with Crippen molar-refractivity contribution in [3.8, 4) is 0 Å². The van der Waals surface area contributed by atoms with Gasteiger partial charge in [0.2, 0.25) is 0 Å². The summed E-state index contributed by atoms with van der Waals surface area (Å²) in [6.07, 6.45) is 0. The molecule has 0 saturated carbocycles. The van der Waals surface area contributed by atoms with Crippen molar-refractivity contribution in [3.05, 3.63) is 41.1 Å². The Labute approximate surface area is 99.3 Å². The Hall–Kier alpha value is -1.94. The van der Waals surface area contributed by atoms with Crippen molar-refractivity contribution in [2.45, 2.75) is 13.5 Å². The summed E-state index contributed by atoms with van der Waals surface area (Å²) in [7, 11) is 1.81. The summed E-state index contributed by atoms with van der Waals surface area (Å²) in [6.45, 7) is 2.52. The Kier molecular flexibility index (Phi) is 3.06. The van der Waals surface area contributed by atoms with Crippen molar-refractivity contribution >= 4 is 16.9 Å². The summed E-state index contributed by atoms with van der Waals surface area (Å²) < 4.78 is 0. The number of carbonyl (C=O) groups is 1. The number of nitrogens with one attached hydrogen (secondary N) is 1. The summed E-state index contributed by atoms with van der Waals surface area (Å²) in [5.74, 6) is -0.918. The van der Waals surface area contributed by atoms with Gasteiger partial charge in [0.25, 0.3) is 0 Å². The number of aryl methyl sites for hydroxylation is 1. The zero-order valence-electron chi connectivity index (χ0n) is 9.82. The van der Waals surface area contributed by atoms with Gasteiger partial charge in [0.1, 0.15) is 0 Å². The minimum atomic E-state index is -0.918. The van der Waals surface area contributed by atoms with Gasteiger partial charge in [-0.25, -0.2) is 4.79 Å². The Balaban J connectivity index is 2.71. The molecule has 0 saturated heterocycles. The zero-order chi connectivity index (χ0) is 12.4. The average Bonchev–Trinajstić information content (AvgIpc) is 2.27. The summed E-state index contributed by atoms with van der Waals surface area (Å²) in [5, 5.41) is 12.9. The lowest BCUT2D eigenvalue weighted by atomic mass is 10.1. The third-order valence-electron chi connectivity index (χ3n) is 2.61. The molecule has 1 heterocycles. The number of pyridine rings is 1. The third kappa shape index (κ3) is 2.26. The minimum Gasteiger partial charge on any atom is -0.478 e. The highest BCUT2D eigenvalue weighted by Gasteiger charge is 2.11. The zero-order valence-corrected chi connectivity index (χ0v) is 9.82. The van der Waals surface area contributed by atoms with Gasteiger partial charge < -0.3 is 10.4 Å². The molecule has 2 aromatic rings. The van der Waals surface area contributed by atoms with Gasteiger partial charge in [0, 0.05) is 11.9 Å². The maximum absolute atomic E-state index is 11.2. The van der Waals surface area contributed by atoms with Crippen LogP contribution in [0.15, 0.2) is 24.3 Å². The lowest BCUT2D eigenvalue weighted by Crippen LogP contribution is -2.09. The third-order valence-corrected chi connectivity index (χ3v) is 2.61. The van der Waals surface area contributed by atoms with Crippen LogP contribution in [-0.4, -0.2) is 23.1 Å². The fourth-order valence-electron chi connectivity index (χ4n) is 1.84. The van der Waals surface area contributed by atoms with E-state index in [-0.39, 0.29) is 0 Å². The smallest absolute Gasteiger partial charge is 0.336 e. The highest BCUT2D eigenvalue weighted by molar-refractivity contribution is 6.02. The van der Waals surface area contributed by atoms with E-state index in [1.54, 1.807) is 6.07 Å². The van der Waals surface area contributed by atoms with Crippen molar-refractivity contribution in [2.24, 2.45) is 0 Å². The van der Waals surface area contributed by atoms with Crippen LogP contribution in [0.4, 0.5) is 0 Å². The van der Waals surface area contributed by atoms with Gasteiger partial charge in [-0.3, -0.25) is 4.98 Å². The normalized spacial score (nSPS) is 10.7. The Morgan fingerprint density at radius 1 is 1.41 bits per heavy atom. The fourth-order valence-corrected chi connectivity index (χ4v) is 1.84. The maximum atomic E-state index is 11.2. The number of rotatable bonds is 3. The van der Waals surface area contributed by atoms with Crippen molar-refractivity contribution in [1.29, 1.82) is 0 Å². The quantitative estimate of drug-likeness (QED) is 0.846. The molecule has 88 valence electrons. The van der Waals surface area contributed by atoms with Crippen LogP contribution in [0.3, 0.4) is 0 Å². The number of carboxylic acid groups (broad SMARTS) is 1. The van der Waals surface area contributed by atoms with E-state index in [2.05, 4.69) is 10.3 Å². The highest BCUT2D eigenvalue weighted by Crippen LogP contribution is 2.20. The molecular weight excluding hydrogens is 216 g/mol. The van der Waals surface area contributed by atoms with E-state index in [1.165, 1.54) is 0 Å². The molecule has 0 fully saturated rings. The molecule has 2 N–H and O–H groups in total. The Morgan fingerprint density at radius 2 is 2.18 bits per heavy atom. The summed E-state index contributed by atoms with van der Waals surface area (Å²) in [6, 6.07) is 7.23. The second-order valence-electron chi connectivity index (χ2n) is 4.02. The molecule has 0 unspecified atom stereocenters. The van der Waals surface area contributed by atoms with E-state index in [9.17, 15) is 9.90 Å². The first-order valence-corrected chi connectivity index (χ1v) is 5.40. The predicted molar refractivity (Wildman–Crippen MR) is 66.2 cm³/mol. The summed E-state index contributed by atoms with van der Waals surface area (Å²) >= 11 is 0. The molecule has 1 aromatic heterocycles. The number of fused-ring (bicyclic) bond motifs is 1. The predicted octanol–water partition coefficient (Wildman–Crippen LogP) is 1.96. The molecule has 4 heteroatoms. The van der Waals surface area contributed by atoms with E-state index in [0.29, 0.717) is 17.5 Å². The molecule has 0 radical (unpaired) electrons. The largest absolute Gasteiger partial charge is 0.478 e. The highest BCUT2D eigenvalue weighted by atomic mass is 16.4. The number of hydrogen-bond acceptors (Lipinski definition) is 3. The molecule has 2 rings (SSSR count). The minimum absolute atomic E-state index is 0.306. The molecule has 0 atom stereocenters. The fraction of sp³-hybridized carbons (Fsp3) is 0.231. The monoisotopic (exact) mass is 230 g/mol. The average molecular weight is 230 g/mol. The number of benzene rings is 1. The molecule has 0 amide bonds. The number of hydrogen-bond donors (Lipinski definition) is 2. The number of aromatic carboxylic acids is 1. The van der Waals surface area contributed by atoms with E-state index in [4.69, 9.17) is 0 Å². The second-order valence-corrected chi connectivity index (χ2v) is 4.02. The van der Waals surface area contributed by atoms with Gasteiger partial charge >= 0.3 is 5.97 Å². The molecule has 0 spiro atoms. The van der Waals surface area contributed by atoms with Gasteiger partial charge in [0.05, 0.1) is 16.8 Å². The summed E-state index contributed by atoms with van der Waals surface area (Å²) in [5.41, 5.74) is 2.85. The first-order valence-electron chi connectivity index (χ1n) is 5.40. The molecule has 1 aromatic carbocycles. The van der Waals surface area contributed by atoms with Crippen molar-refractivity contribution < 1.29 is 9.90 Å². The molecular formula is C13H14N2O2. The van der Waals surface area contributed by atoms with Gasteiger partial charge in [-0.15, -0.1) is 0 Å². The Bertz CT molecular complexity index is 579. The van der Waals surface area contributed by atoms with Gasteiger partial charge in [-0.2, -0.15) is 0 Å². The van der Waals surface area contributed by atoms with Crippen LogP contribution in [-0.2, 0) is 6.54 Å². The molecule has 4 nitrogen and oxygen atoms in total. The van der Waals surface area contributed by atoms with Crippen molar-refractivity contribution in [2.75, 3.05) is 7.05 Å². The molecule has 0 aliphatic carbocycles. The van der Waals surface area contributed by atoms with Crippen LogP contribution in [0.25, 0.3) is 10.9 Å². The van der Waals surface area contributed by atoms with E-state index in [1.807, 2.05) is 32.2 Å². The van der Waals surface area contributed by atoms with Crippen LogP contribution in [0.2, 0.25) is 0 Å². The number of aromatic nitrogens is 1. The lowest BCUT2D eigenvalue weighted by Gasteiger charge is -2.07. The maximum Gasteiger partial charge on any atom is 0.336 e. The van der Waals surface area contributed by atoms with Crippen LogP contribution < -0.4 is 5.32 Å². The molecule has 0 bridgehead atoms. The van der Waals surface area contributed by atoms with Gasteiger partial charge in [-0.05, 0) is 31.7 Å². The topological polar surface area (TPSA) is 62.2 Å².